The molecule has 1 amide bonds. The number of rotatable bonds is 7. The predicted octanol–water partition coefficient (Wildman–Crippen LogP) is 4.14. The zero-order valence-electron chi connectivity index (χ0n) is 15.9. The van der Waals surface area contributed by atoms with Gasteiger partial charge in [-0.05, 0) is 51.1 Å². The van der Waals surface area contributed by atoms with Crippen LogP contribution in [0.15, 0.2) is 53.1 Å². The van der Waals surface area contributed by atoms with Gasteiger partial charge in [-0.15, -0.1) is 0 Å². The average molecular weight is 364 g/mol. The maximum absolute atomic E-state index is 13.0. The standard InChI is InChI=1S/C21H24N4O2/c1-4-22-19-11-12-23-20(24-19)16-7-6-8-17(13-16)21(26)25(5-2)14-18-10-9-15(3)27-18/h6-13H,4-5,14H2,1-3H3,(H,22,23,24). The maximum atomic E-state index is 13.0. The Kier molecular flexibility index (Phi) is 5.86. The van der Waals surface area contributed by atoms with Crippen molar-refractivity contribution in [3.05, 3.63) is 65.7 Å². The van der Waals surface area contributed by atoms with Crippen LogP contribution in [0.1, 0.15) is 35.7 Å². The van der Waals surface area contributed by atoms with Crippen molar-refractivity contribution in [2.45, 2.75) is 27.3 Å². The molecule has 0 unspecified atom stereocenters. The first-order valence-electron chi connectivity index (χ1n) is 9.12. The minimum absolute atomic E-state index is 0.0451. The van der Waals surface area contributed by atoms with E-state index in [4.69, 9.17) is 4.42 Å². The second-order valence-corrected chi connectivity index (χ2v) is 6.21. The summed E-state index contributed by atoms with van der Waals surface area (Å²) in [6.07, 6.45) is 1.71. The van der Waals surface area contributed by atoms with Gasteiger partial charge in [0.05, 0.1) is 6.54 Å². The van der Waals surface area contributed by atoms with Crippen LogP contribution < -0.4 is 5.32 Å². The highest BCUT2D eigenvalue weighted by molar-refractivity contribution is 5.95. The highest BCUT2D eigenvalue weighted by Crippen LogP contribution is 2.20. The van der Waals surface area contributed by atoms with Crippen molar-refractivity contribution in [2.24, 2.45) is 0 Å². The number of amides is 1. The summed E-state index contributed by atoms with van der Waals surface area (Å²) in [5.41, 5.74) is 1.42. The van der Waals surface area contributed by atoms with Gasteiger partial charge < -0.3 is 14.6 Å². The lowest BCUT2D eigenvalue weighted by molar-refractivity contribution is 0.0741. The molecular weight excluding hydrogens is 340 g/mol. The topological polar surface area (TPSA) is 71.3 Å². The molecule has 0 saturated heterocycles. The number of aryl methyl sites for hydroxylation is 1. The Morgan fingerprint density at radius 1 is 1.19 bits per heavy atom. The Labute approximate surface area is 159 Å². The third-order valence-electron chi connectivity index (χ3n) is 4.19. The van der Waals surface area contributed by atoms with Crippen LogP contribution in [0.4, 0.5) is 5.82 Å². The van der Waals surface area contributed by atoms with Crippen LogP contribution in [0.25, 0.3) is 11.4 Å². The first-order chi connectivity index (χ1) is 13.1. The number of carbonyl (C=O) groups excluding carboxylic acids is 1. The van der Waals surface area contributed by atoms with Gasteiger partial charge in [-0.25, -0.2) is 9.97 Å². The molecule has 3 rings (SSSR count). The Bertz CT molecular complexity index is 920. The van der Waals surface area contributed by atoms with Gasteiger partial charge in [0, 0.05) is 30.4 Å². The molecule has 0 bridgehead atoms. The Hall–Kier alpha value is -3.15. The third-order valence-corrected chi connectivity index (χ3v) is 4.19. The van der Waals surface area contributed by atoms with Crippen molar-refractivity contribution in [2.75, 3.05) is 18.4 Å². The fraction of sp³-hybridized carbons (Fsp3) is 0.286. The van der Waals surface area contributed by atoms with Crippen molar-refractivity contribution in [1.82, 2.24) is 14.9 Å². The summed E-state index contributed by atoms with van der Waals surface area (Å²) in [6, 6.07) is 13.1. The summed E-state index contributed by atoms with van der Waals surface area (Å²) in [6.45, 7) is 7.69. The summed E-state index contributed by atoms with van der Waals surface area (Å²) >= 11 is 0. The zero-order chi connectivity index (χ0) is 19.2. The molecule has 27 heavy (non-hydrogen) atoms. The molecule has 0 aliphatic rings. The van der Waals surface area contributed by atoms with Crippen molar-refractivity contribution >= 4 is 11.7 Å². The molecule has 0 atom stereocenters. The quantitative estimate of drug-likeness (QED) is 0.682. The van der Waals surface area contributed by atoms with E-state index in [1.165, 1.54) is 0 Å². The molecule has 140 valence electrons. The largest absolute Gasteiger partial charge is 0.464 e. The maximum Gasteiger partial charge on any atom is 0.254 e. The summed E-state index contributed by atoms with van der Waals surface area (Å²) in [5.74, 6) is 2.93. The first-order valence-corrected chi connectivity index (χ1v) is 9.12. The van der Waals surface area contributed by atoms with Gasteiger partial charge in [-0.2, -0.15) is 0 Å². The summed E-state index contributed by atoms with van der Waals surface area (Å²) in [7, 11) is 0. The van der Waals surface area contributed by atoms with Gasteiger partial charge in [0.15, 0.2) is 5.82 Å². The molecule has 0 radical (unpaired) electrons. The van der Waals surface area contributed by atoms with Crippen molar-refractivity contribution in [3.8, 4) is 11.4 Å². The van der Waals surface area contributed by atoms with Crippen LogP contribution in [0.3, 0.4) is 0 Å². The van der Waals surface area contributed by atoms with Gasteiger partial charge in [0.2, 0.25) is 0 Å². The van der Waals surface area contributed by atoms with Crippen LogP contribution in [-0.2, 0) is 6.54 Å². The van der Waals surface area contributed by atoms with E-state index in [2.05, 4.69) is 15.3 Å². The molecule has 2 heterocycles. The van der Waals surface area contributed by atoms with Gasteiger partial charge in [-0.1, -0.05) is 12.1 Å². The highest BCUT2D eigenvalue weighted by Gasteiger charge is 2.17. The van der Waals surface area contributed by atoms with Gasteiger partial charge in [0.1, 0.15) is 17.3 Å². The molecule has 2 aromatic heterocycles. The Morgan fingerprint density at radius 3 is 2.74 bits per heavy atom. The molecule has 0 spiro atoms. The molecule has 6 nitrogen and oxygen atoms in total. The van der Waals surface area contributed by atoms with Crippen LogP contribution in [0.2, 0.25) is 0 Å². The molecule has 3 aromatic rings. The normalized spacial score (nSPS) is 10.6. The zero-order valence-corrected chi connectivity index (χ0v) is 15.9. The molecule has 0 aliphatic heterocycles. The number of benzene rings is 1. The first kappa shape index (κ1) is 18.6. The van der Waals surface area contributed by atoms with Gasteiger partial charge in [0.25, 0.3) is 5.91 Å². The average Bonchev–Trinajstić information content (AvgIpc) is 3.11. The number of anilines is 1. The lowest BCUT2D eigenvalue weighted by atomic mass is 10.1. The number of hydrogen-bond acceptors (Lipinski definition) is 5. The molecule has 0 fully saturated rings. The highest BCUT2D eigenvalue weighted by atomic mass is 16.3. The minimum atomic E-state index is -0.0451. The van der Waals surface area contributed by atoms with Crippen molar-refractivity contribution in [3.63, 3.8) is 0 Å². The number of nitrogens with one attached hydrogen (secondary N) is 1. The van der Waals surface area contributed by atoms with Gasteiger partial charge >= 0.3 is 0 Å². The molecule has 0 saturated carbocycles. The van der Waals surface area contributed by atoms with E-state index in [-0.39, 0.29) is 5.91 Å². The third kappa shape index (κ3) is 4.53. The fourth-order valence-corrected chi connectivity index (χ4v) is 2.84. The van der Waals surface area contributed by atoms with Crippen LogP contribution >= 0.6 is 0 Å². The number of furan rings is 1. The molecule has 1 aromatic carbocycles. The second-order valence-electron chi connectivity index (χ2n) is 6.21. The monoisotopic (exact) mass is 364 g/mol. The van der Waals surface area contributed by atoms with E-state index in [0.29, 0.717) is 24.5 Å². The number of nitrogens with zero attached hydrogens (tertiary/aromatic N) is 3. The fourth-order valence-electron chi connectivity index (χ4n) is 2.84. The minimum Gasteiger partial charge on any atom is -0.464 e. The van der Waals surface area contributed by atoms with E-state index in [1.54, 1.807) is 11.1 Å². The second kappa shape index (κ2) is 8.49. The number of carbonyl (C=O) groups is 1. The SMILES string of the molecule is CCNc1ccnc(-c2cccc(C(=O)N(CC)Cc3ccc(C)o3)c2)n1. The van der Waals surface area contributed by atoms with E-state index in [0.717, 1.165) is 29.4 Å². The predicted molar refractivity (Wildman–Crippen MR) is 105 cm³/mol. The van der Waals surface area contributed by atoms with Crippen LogP contribution in [0, 0.1) is 6.92 Å². The van der Waals surface area contributed by atoms with E-state index in [9.17, 15) is 4.79 Å². The number of hydrogen-bond donors (Lipinski definition) is 1. The van der Waals surface area contributed by atoms with Gasteiger partial charge in [-0.3, -0.25) is 4.79 Å². The lowest BCUT2D eigenvalue weighted by Crippen LogP contribution is -2.30. The van der Waals surface area contributed by atoms with E-state index >= 15 is 0 Å². The molecule has 6 heteroatoms. The number of aromatic nitrogens is 2. The summed E-state index contributed by atoms with van der Waals surface area (Å²) < 4.78 is 5.61. The van der Waals surface area contributed by atoms with Crippen LogP contribution in [0.5, 0.6) is 0 Å². The molecule has 1 N–H and O–H groups in total. The smallest absolute Gasteiger partial charge is 0.254 e. The molecule has 0 aliphatic carbocycles. The summed E-state index contributed by atoms with van der Waals surface area (Å²) in [4.78, 5) is 23.6. The molecular formula is C21H24N4O2. The van der Waals surface area contributed by atoms with E-state index < -0.39 is 0 Å². The van der Waals surface area contributed by atoms with Crippen LogP contribution in [-0.4, -0.2) is 33.9 Å². The van der Waals surface area contributed by atoms with Crippen molar-refractivity contribution < 1.29 is 9.21 Å². The lowest BCUT2D eigenvalue weighted by Gasteiger charge is -2.20. The Morgan fingerprint density at radius 2 is 2.04 bits per heavy atom. The summed E-state index contributed by atoms with van der Waals surface area (Å²) in [5, 5.41) is 3.17. The Balaban J connectivity index is 1.83. The van der Waals surface area contributed by atoms with Crippen molar-refractivity contribution in [1.29, 1.82) is 0 Å². The van der Waals surface area contributed by atoms with E-state index in [1.807, 2.05) is 63.2 Å².